The maximum Gasteiger partial charge on any atom is 0.0107 e. The van der Waals surface area contributed by atoms with Crippen LogP contribution in [0.3, 0.4) is 0 Å². The van der Waals surface area contributed by atoms with E-state index < -0.39 is 0 Å². The van der Waals surface area contributed by atoms with E-state index in [1.807, 2.05) is 7.05 Å². The van der Waals surface area contributed by atoms with Crippen molar-refractivity contribution in [2.75, 3.05) is 52.9 Å². The summed E-state index contributed by atoms with van der Waals surface area (Å²) in [6.07, 6.45) is 1.08. The Kier molecular flexibility index (Phi) is 19.6. The van der Waals surface area contributed by atoms with Crippen LogP contribution in [0.4, 0.5) is 0 Å². The van der Waals surface area contributed by atoms with Crippen LogP contribution in [0.25, 0.3) is 0 Å². The summed E-state index contributed by atoms with van der Waals surface area (Å²) < 4.78 is 0. The van der Waals surface area contributed by atoms with Gasteiger partial charge in [-0.1, -0.05) is 20.8 Å². The Morgan fingerprint density at radius 1 is 1.06 bits per heavy atom. The van der Waals surface area contributed by atoms with Crippen LogP contribution in [-0.4, -0.2) is 57.8 Å². The molecule has 0 amide bonds. The zero-order valence-corrected chi connectivity index (χ0v) is 11.7. The van der Waals surface area contributed by atoms with Crippen LogP contribution < -0.4 is 16.4 Å². The second-order valence-electron chi connectivity index (χ2n) is 3.63. The van der Waals surface area contributed by atoms with Gasteiger partial charge in [-0.2, -0.15) is 0 Å². The molecule has 16 heavy (non-hydrogen) atoms. The zero-order valence-electron chi connectivity index (χ0n) is 11.7. The fraction of sp³-hybridized carbons (Fsp3) is 1.00. The predicted molar refractivity (Wildman–Crippen MR) is 73.9 cm³/mol. The van der Waals surface area contributed by atoms with Gasteiger partial charge in [-0.25, -0.2) is 0 Å². The van der Waals surface area contributed by atoms with E-state index in [1.54, 1.807) is 0 Å². The van der Waals surface area contributed by atoms with Gasteiger partial charge >= 0.3 is 0 Å². The molecule has 0 fully saturated rings. The second kappa shape index (κ2) is 17.2. The maximum atomic E-state index is 5.17. The van der Waals surface area contributed by atoms with Crippen LogP contribution in [0, 0.1) is 0 Å². The first-order valence-electron chi connectivity index (χ1n) is 6.54. The number of rotatable bonds is 9. The van der Waals surface area contributed by atoms with Crippen LogP contribution in [0.1, 0.15) is 27.2 Å². The minimum atomic E-state index is 0.792. The lowest BCUT2D eigenvalue weighted by Crippen LogP contribution is -2.31. The van der Waals surface area contributed by atoms with E-state index >= 15 is 0 Å². The molecule has 0 bridgehead atoms. The third kappa shape index (κ3) is 16.3. The van der Waals surface area contributed by atoms with Crippen LogP contribution in [0.5, 0.6) is 0 Å². The third-order valence-corrected chi connectivity index (χ3v) is 2.38. The number of likely N-dealkylation sites (N-methyl/N-ethyl adjacent to an activating group) is 2. The molecule has 0 aromatic rings. The molecule has 4 nitrogen and oxygen atoms in total. The van der Waals surface area contributed by atoms with E-state index in [2.05, 4.69) is 36.3 Å². The molecule has 0 rings (SSSR count). The number of nitrogens with one attached hydrogen (secondary N) is 2. The Balaban J connectivity index is 0. The highest BCUT2D eigenvalue weighted by Gasteiger charge is 1.95. The van der Waals surface area contributed by atoms with Crippen molar-refractivity contribution < 1.29 is 0 Å². The molecular formula is C12H32N4. The summed E-state index contributed by atoms with van der Waals surface area (Å²) in [7, 11) is 1.93. The van der Waals surface area contributed by atoms with Crippen molar-refractivity contribution in [1.29, 1.82) is 0 Å². The van der Waals surface area contributed by atoms with E-state index in [9.17, 15) is 0 Å². The zero-order chi connectivity index (χ0) is 12.6. The van der Waals surface area contributed by atoms with Gasteiger partial charge in [-0.05, 0) is 46.2 Å². The highest BCUT2D eigenvalue weighted by atomic mass is 15.1. The van der Waals surface area contributed by atoms with E-state index in [-0.39, 0.29) is 0 Å². The fourth-order valence-electron chi connectivity index (χ4n) is 1.23. The molecule has 0 saturated heterocycles. The summed E-state index contributed by atoms with van der Waals surface area (Å²) in [4.78, 5) is 2.42. The molecule has 0 radical (unpaired) electrons. The van der Waals surface area contributed by atoms with Gasteiger partial charge in [-0.3, -0.25) is 0 Å². The quantitative estimate of drug-likeness (QED) is 0.507. The van der Waals surface area contributed by atoms with Crippen LogP contribution >= 0.6 is 0 Å². The fourth-order valence-corrected chi connectivity index (χ4v) is 1.23. The highest BCUT2D eigenvalue weighted by Crippen LogP contribution is 1.83. The summed E-state index contributed by atoms with van der Waals surface area (Å²) in [5.74, 6) is 0. The molecule has 0 heterocycles. The molecule has 0 atom stereocenters. The minimum Gasteiger partial charge on any atom is -0.330 e. The first-order valence-corrected chi connectivity index (χ1v) is 6.54. The van der Waals surface area contributed by atoms with Crippen molar-refractivity contribution in [1.82, 2.24) is 15.5 Å². The van der Waals surface area contributed by atoms with Crippen molar-refractivity contribution in [3.63, 3.8) is 0 Å². The lowest BCUT2D eigenvalue weighted by Gasteiger charge is -2.17. The van der Waals surface area contributed by atoms with Crippen molar-refractivity contribution in [3.8, 4) is 0 Å². The van der Waals surface area contributed by atoms with E-state index in [0.29, 0.717) is 0 Å². The first kappa shape index (κ1) is 18.2. The van der Waals surface area contributed by atoms with E-state index in [0.717, 1.165) is 32.6 Å². The Hall–Kier alpha value is -0.160. The Bertz CT molecular complexity index is 101. The van der Waals surface area contributed by atoms with Gasteiger partial charge in [0.05, 0.1) is 0 Å². The summed E-state index contributed by atoms with van der Waals surface area (Å²) in [5, 5.41) is 6.29. The molecule has 0 aromatic carbocycles. The summed E-state index contributed by atoms with van der Waals surface area (Å²) in [6.45, 7) is 14.1. The van der Waals surface area contributed by atoms with Gasteiger partial charge in [0, 0.05) is 13.1 Å². The summed E-state index contributed by atoms with van der Waals surface area (Å²) in [6, 6.07) is 0. The second-order valence-corrected chi connectivity index (χ2v) is 3.63. The largest absolute Gasteiger partial charge is 0.330 e. The topological polar surface area (TPSA) is 53.3 Å². The van der Waals surface area contributed by atoms with Gasteiger partial charge in [0.15, 0.2) is 0 Å². The maximum absolute atomic E-state index is 5.17. The van der Waals surface area contributed by atoms with Crippen molar-refractivity contribution in [2.24, 2.45) is 5.73 Å². The molecule has 0 aromatic heterocycles. The van der Waals surface area contributed by atoms with Crippen molar-refractivity contribution >= 4 is 0 Å². The smallest absolute Gasteiger partial charge is 0.0107 e. The molecule has 4 N–H and O–H groups in total. The SMILES string of the molecule is CCNCCN(CC)CC.CNCCCN. The Morgan fingerprint density at radius 2 is 1.69 bits per heavy atom. The molecule has 0 spiro atoms. The Labute approximate surface area is 102 Å². The van der Waals surface area contributed by atoms with Crippen LogP contribution in [-0.2, 0) is 0 Å². The number of hydrogen-bond acceptors (Lipinski definition) is 4. The predicted octanol–water partition coefficient (Wildman–Crippen LogP) is 0.492. The Morgan fingerprint density at radius 3 is 2.00 bits per heavy atom. The van der Waals surface area contributed by atoms with Crippen LogP contribution in [0.2, 0.25) is 0 Å². The molecule has 0 saturated carbocycles. The van der Waals surface area contributed by atoms with Crippen molar-refractivity contribution in [3.05, 3.63) is 0 Å². The van der Waals surface area contributed by atoms with Gasteiger partial charge in [0.2, 0.25) is 0 Å². The van der Waals surface area contributed by atoms with Gasteiger partial charge < -0.3 is 21.3 Å². The molecule has 0 aliphatic heterocycles. The van der Waals surface area contributed by atoms with Gasteiger partial charge in [0.25, 0.3) is 0 Å². The van der Waals surface area contributed by atoms with Gasteiger partial charge in [0.1, 0.15) is 0 Å². The highest BCUT2D eigenvalue weighted by molar-refractivity contribution is 4.53. The number of nitrogens with two attached hydrogens (primary N) is 1. The average Bonchev–Trinajstić information content (AvgIpc) is 2.33. The first-order chi connectivity index (χ1) is 7.76. The molecule has 100 valence electrons. The number of nitrogens with zero attached hydrogens (tertiary/aromatic N) is 1. The summed E-state index contributed by atoms with van der Waals surface area (Å²) >= 11 is 0. The van der Waals surface area contributed by atoms with Crippen LogP contribution in [0.15, 0.2) is 0 Å². The molecule has 0 aliphatic carbocycles. The summed E-state index contributed by atoms with van der Waals surface area (Å²) in [5.41, 5.74) is 5.17. The van der Waals surface area contributed by atoms with E-state index in [1.165, 1.54) is 19.6 Å². The standard InChI is InChI=1S/C8H20N2.C4H12N2/c1-4-9-7-8-10(5-2)6-3;1-6-4-2-3-5/h9H,4-8H2,1-3H3;6H,2-5H2,1H3. The van der Waals surface area contributed by atoms with Crippen molar-refractivity contribution in [2.45, 2.75) is 27.2 Å². The molecule has 0 aliphatic rings. The molecule has 4 heteroatoms. The van der Waals surface area contributed by atoms with Gasteiger partial charge in [-0.15, -0.1) is 0 Å². The normalized spacial score (nSPS) is 10.1. The minimum absolute atomic E-state index is 0.792. The monoisotopic (exact) mass is 232 g/mol. The molecular weight excluding hydrogens is 200 g/mol. The third-order valence-electron chi connectivity index (χ3n) is 2.38. The molecule has 0 unspecified atom stereocenters. The average molecular weight is 232 g/mol. The van der Waals surface area contributed by atoms with E-state index in [4.69, 9.17) is 5.73 Å². The lowest BCUT2D eigenvalue weighted by atomic mass is 10.4. The lowest BCUT2D eigenvalue weighted by molar-refractivity contribution is 0.303. The number of hydrogen-bond donors (Lipinski definition) is 3.